The van der Waals surface area contributed by atoms with Crippen molar-refractivity contribution in [2.24, 2.45) is 0 Å². The smallest absolute Gasteiger partial charge is 0.264 e. The van der Waals surface area contributed by atoms with Gasteiger partial charge in [-0.2, -0.15) is 25.3 Å². The molecule has 11 nitrogen and oxygen atoms in total. The van der Waals surface area contributed by atoms with Gasteiger partial charge < -0.3 is 0 Å². The lowest BCUT2D eigenvalue weighted by molar-refractivity contribution is 0.107. The van der Waals surface area contributed by atoms with Crippen LogP contribution in [-0.4, -0.2) is 63.0 Å². The van der Waals surface area contributed by atoms with Crippen molar-refractivity contribution in [1.29, 1.82) is 0 Å². The maximum atomic E-state index is 11.4. The van der Waals surface area contributed by atoms with Crippen LogP contribution in [0.1, 0.15) is 6.42 Å². The SMILES string of the molecule is O=S1(=O)CCC(COS(=O)(=O)OCC2COS(=O)(=O)O2)O1. The van der Waals surface area contributed by atoms with Crippen molar-refractivity contribution < 1.29 is 46.2 Å². The van der Waals surface area contributed by atoms with Crippen LogP contribution in [0.3, 0.4) is 0 Å². The lowest BCUT2D eigenvalue weighted by Gasteiger charge is -2.10. The molecule has 0 amide bonds. The van der Waals surface area contributed by atoms with E-state index in [9.17, 15) is 25.3 Å². The molecule has 0 bridgehead atoms. The predicted molar refractivity (Wildman–Crippen MR) is 63.8 cm³/mol. The number of hydrogen-bond acceptors (Lipinski definition) is 11. The molecule has 0 N–H and O–H groups in total. The quantitative estimate of drug-likeness (QED) is 0.481. The van der Waals surface area contributed by atoms with Crippen LogP contribution in [0, 0.1) is 0 Å². The van der Waals surface area contributed by atoms with E-state index in [2.05, 4.69) is 20.9 Å². The summed E-state index contributed by atoms with van der Waals surface area (Å²) in [6, 6.07) is 0. The molecule has 2 saturated heterocycles. The molecule has 0 saturated carbocycles. The number of rotatable bonds is 6. The van der Waals surface area contributed by atoms with E-state index in [1.807, 2.05) is 0 Å². The Hall–Kier alpha value is -0.350. The average molecular weight is 368 g/mol. The van der Waals surface area contributed by atoms with Crippen LogP contribution in [0.5, 0.6) is 0 Å². The zero-order chi connectivity index (χ0) is 15.7. The van der Waals surface area contributed by atoms with E-state index in [1.165, 1.54) is 0 Å². The van der Waals surface area contributed by atoms with Gasteiger partial charge in [-0.3, -0.25) is 4.18 Å². The second-order valence-corrected chi connectivity index (χ2v) is 8.41. The van der Waals surface area contributed by atoms with Crippen molar-refractivity contribution in [3.63, 3.8) is 0 Å². The zero-order valence-electron chi connectivity index (χ0n) is 10.4. The first-order chi connectivity index (χ1) is 9.57. The van der Waals surface area contributed by atoms with Gasteiger partial charge in [0, 0.05) is 0 Å². The number of hydrogen-bond donors (Lipinski definition) is 0. The first-order valence-corrected chi connectivity index (χ1v) is 9.84. The first-order valence-electron chi connectivity index (χ1n) is 5.59. The fraction of sp³-hybridized carbons (Fsp3) is 1.00. The summed E-state index contributed by atoms with van der Waals surface area (Å²) in [6.07, 6.45) is -1.90. The van der Waals surface area contributed by atoms with Crippen LogP contribution in [0.4, 0.5) is 0 Å². The Balaban J connectivity index is 1.75. The summed E-state index contributed by atoms with van der Waals surface area (Å²) in [5, 5.41) is 0. The molecule has 14 heteroatoms. The molecular formula is C7H12O11S3. The molecular weight excluding hydrogens is 356 g/mol. The molecule has 2 unspecified atom stereocenters. The third kappa shape index (κ3) is 5.41. The average Bonchev–Trinajstić information content (AvgIpc) is 2.87. The molecule has 21 heavy (non-hydrogen) atoms. The Bertz CT molecular complexity index is 621. The Kier molecular flexibility index (Phi) is 4.89. The summed E-state index contributed by atoms with van der Waals surface area (Å²) in [7, 11) is -12.2. The zero-order valence-corrected chi connectivity index (χ0v) is 12.9. The molecule has 2 aliphatic rings. The Morgan fingerprint density at radius 3 is 2.10 bits per heavy atom. The van der Waals surface area contributed by atoms with Gasteiger partial charge in [-0.15, -0.1) is 0 Å². The fourth-order valence-corrected chi connectivity index (χ4v) is 4.24. The molecule has 2 heterocycles. The maximum Gasteiger partial charge on any atom is 0.400 e. The predicted octanol–water partition coefficient (Wildman–Crippen LogP) is -1.96. The molecule has 2 fully saturated rings. The second-order valence-electron chi connectivity index (χ2n) is 4.16. The molecule has 124 valence electrons. The van der Waals surface area contributed by atoms with Crippen LogP contribution in [0.2, 0.25) is 0 Å². The molecule has 0 aliphatic carbocycles. The summed E-state index contributed by atoms with van der Waals surface area (Å²) in [5.41, 5.74) is 0. The lowest BCUT2D eigenvalue weighted by atomic mass is 10.3. The normalized spacial score (nSPS) is 31.4. The minimum Gasteiger partial charge on any atom is -0.264 e. The van der Waals surface area contributed by atoms with E-state index in [1.54, 1.807) is 0 Å². The van der Waals surface area contributed by atoms with E-state index in [4.69, 9.17) is 0 Å². The van der Waals surface area contributed by atoms with E-state index >= 15 is 0 Å². The largest absolute Gasteiger partial charge is 0.400 e. The molecule has 2 atom stereocenters. The highest BCUT2D eigenvalue weighted by molar-refractivity contribution is 7.87. The molecule has 0 radical (unpaired) electrons. The van der Waals surface area contributed by atoms with Crippen molar-refractivity contribution >= 4 is 30.9 Å². The summed E-state index contributed by atoms with van der Waals surface area (Å²) < 4.78 is 88.2. The second kappa shape index (κ2) is 6.04. The van der Waals surface area contributed by atoms with Crippen molar-refractivity contribution in [1.82, 2.24) is 0 Å². The molecule has 0 aromatic heterocycles. The summed E-state index contributed by atoms with van der Waals surface area (Å²) in [5.74, 6) is -0.215. The van der Waals surface area contributed by atoms with Gasteiger partial charge in [0.15, 0.2) is 0 Å². The van der Waals surface area contributed by atoms with Gasteiger partial charge in [0.1, 0.15) is 12.2 Å². The Morgan fingerprint density at radius 2 is 1.62 bits per heavy atom. The van der Waals surface area contributed by atoms with Crippen LogP contribution in [-0.2, 0) is 51.8 Å². The Morgan fingerprint density at radius 1 is 1.00 bits per heavy atom. The minimum absolute atomic E-state index is 0.107. The van der Waals surface area contributed by atoms with E-state index < -0.39 is 56.3 Å². The highest BCUT2D eigenvalue weighted by Gasteiger charge is 2.33. The standard InChI is InChI=1S/C7H12O11S3/c8-19(9)2-1-6(17-19)3-14-20(10,11)15-4-7-5-16-21(12,13)18-7/h6-7H,1-5H2. The highest BCUT2D eigenvalue weighted by atomic mass is 32.3. The van der Waals surface area contributed by atoms with Crippen molar-refractivity contribution in [3.8, 4) is 0 Å². The van der Waals surface area contributed by atoms with Crippen molar-refractivity contribution in [2.75, 3.05) is 25.6 Å². The molecule has 0 aromatic rings. The molecule has 2 aliphatic heterocycles. The van der Waals surface area contributed by atoms with Crippen LogP contribution in [0.15, 0.2) is 0 Å². The van der Waals surface area contributed by atoms with Crippen LogP contribution < -0.4 is 0 Å². The van der Waals surface area contributed by atoms with Gasteiger partial charge in [-0.25, -0.2) is 16.7 Å². The molecule has 2 rings (SSSR count). The lowest BCUT2D eigenvalue weighted by Crippen LogP contribution is -2.25. The van der Waals surface area contributed by atoms with Crippen LogP contribution >= 0.6 is 0 Å². The topological polar surface area (TPSA) is 149 Å². The van der Waals surface area contributed by atoms with Gasteiger partial charge in [-0.05, 0) is 6.42 Å². The van der Waals surface area contributed by atoms with Gasteiger partial charge in [0.25, 0.3) is 10.1 Å². The van der Waals surface area contributed by atoms with Crippen LogP contribution in [0.25, 0.3) is 0 Å². The molecule has 0 spiro atoms. The first kappa shape index (κ1) is 17.0. The molecule has 0 aromatic carbocycles. The van der Waals surface area contributed by atoms with Gasteiger partial charge >= 0.3 is 20.8 Å². The van der Waals surface area contributed by atoms with E-state index in [0.29, 0.717) is 0 Å². The minimum atomic E-state index is -4.44. The monoisotopic (exact) mass is 368 g/mol. The van der Waals surface area contributed by atoms with Gasteiger partial charge in [0.2, 0.25) is 0 Å². The van der Waals surface area contributed by atoms with Gasteiger partial charge in [-0.1, -0.05) is 0 Å². The summed E-state index contributed by atoms with van der Waals surface area (Å²) >= 11 is 0. The highest BCUT2D eigenvalue weighted by Crippen LogP contribution is 2.18. The maximum absolute atomic E-state index is 11.4. The summed E-state index contributed by atoms with van der Waals surface area (Å²) in [4.78, 5) is 0. The van der Waals surface area contributed by atoms with E-state index in [0.717, 1.165) is 0 Å². The third-order valence-electron chi connectivity index (χ3n) is 2.42. The van der Waals surface area contributed by atoms with Crippen molar-refractivity contribution in [2.45, 2.75) is 18.6 Å². The third-order valence-corrected chi connectivity index (χ3v) is 5.50. The fourth-order valence-electron chi connectivity index (χ4n) is 1.50. The Labute approximate surface area is 121 Å². The van der Waals surface area contributed by atoms with Gasteiger partial charge in [0.05, 0.1) is 25.6 Å². The van der Waals surface area contributed by atoms with E-state index in [-0.39, 0.29) is 18.8 Å². The van der Waals surface area contributed by atoms with Crippen molar-refractivity contribution in [3.05, 3.63) is 0 Å². The summed E-state index contributed by atoms with van der Waals surface area (Å²) in [6.45, 7) is -1.52.